The van der Waals surface area contributed by atoms with Crippen LogP contribution in [0.4, 0.5) is 0 Å². The summed E-state index contributed by atoms with van der Waals surface area (Å²) in [5, 5.41) is 2.57. The molecule has 1 aromatic rings. The van der Waals surface area contributed by atoms with Gasteiger partial charge in [0.15, 0.2) is 11.5 Å². The first-order valence-electron chi connectivity index (χ1n) is 5.21. The van der Waals surface area contributed by atoms with Gasteiger partial charge in [0.1, 0.15) is 4.32 Å². The van der Waals surface area contributed by atoms with Crippen molar-refractivity contribution >= 4 is 56.2 Å². The number of halogens is 1. The van der Waals surface area contributed by atoms with Gasteiger partial charge in [0.2, 0.25) is 0 Å². The molecule has 100 valence electrons. The van der Waals surface area contributed by atoms with Crippen LogP contribution in [0.3, 0.4) is 0 Å². The van der Waals surface area contributed by atoms with E-state index in [0.717, 1.165) is 10.0 Å². The second-order valence-corrected chi connectivity index (χ2v) is 6.22. The zero-order valence-corrected chi connectivity index (χ0v) is 13.4. The molecule has 19 heavy (non-hydrogen) atoms. The number of benzene rings is 1. The Hall–Kier alpha value is -1.05. The molecule has 1 aliphatic heterocycles. The van der Waals surface area contributed by atoms with Crippen molar-refractivity contribution in [3.63, 3.8) is 0 Å². The predicted octanol–water partition coefficient (Wildman–Crippen LogP) is 2.96. The van der Waals surface area contributed by atoms with E-state index in [9.17, 15) is 4.79 Å². The van der Waals surface area contributed by atoms with Gasteiger partial charge in [-0.15, -0.1) is 0 Å². The Labute approximate surface area is 128 Å². The molecule has 1 heterocycles. The third-order valence-corrected chi connectivity index (χ3v) is 4.02. The van der Waals surface area contributed by atoms with E-state index in [1.807, 2.05) is 6.07 Å². The molecule has 0 aliphatic carbocycles. The molecule has 1 amide bonds. The van der Waals surface area contributed by atoms with Crippen molar-refractivity contribution < 1.29 is 14.3 Å². The fourth-order valence-electron chi connectivity index (χ4n) is 1.63. The number of thiocarbonyl (C=S) groups is 1. The van der Waals surface area contributed by atoms with Gasteiger partial charge >= 0.3 is 0 Å². The van der Waals surface area contributed by atoms with E-state index in [-0.39, 0.29) is 5.91 Å². The summed E-state index contributed by atoms with van der Waals surface area (Å²) in [6.45, 7) is 0. The van der Waals surface area contributed by atoms with Crippen LogP contribution < -0.4 is 14.8 Å². The molecule has 0 saturated carbocycles. The molecule has 4 nitrogen and oxygen atoms in total. The van der Waals surface area contributed by atoms with Gasteiger partial charge < -0.3 is 14.8 Å². The normalized spacial score (nSPS) is 16.7. The number of ether oxygens (including phenoxy) is 2. The van der Waals surface area contributed by atoms with Gasteiger partial charge in [-0.25, -0.2) is 0 Å². The zero-order chi connectivity index (χ0) is 14.0. The molecule has 0 aromatic heterocycles. The molecule has 0 unspecified atom stereocenters. The van der Waals surface area contributed by atoms with Crippen LogP contribution in [0.1, 0.15) is 5.56 Å². The summed E-state index contributed by atoms with van der Waals surface area (Å²) in [5.41, 5.74) is 0.746. The van der Waals surface area contributed by atoms with Crippen molar-refractivity contribution in [2.75, 3.05) is 14.2 Å². The highest BCUT2D eigenvalue weighted by Crippen LogP contribution is 2.37. The first-order chi connectivity index (χ1) is 9.05. The highest BCUT2D eigenvalue weighted by molar-refractivity contribution is 9.10. The van der Waals surface area contributed by atoms with Crippen molar-refractivity contribution in [1.82, 2.24) is 5.32 Å². The summed E-state index contributed by atoms with van der Waals surface area (Å²) in [4.78, 5) is 12.2. The minimum absolute atomic E-state index is 0.198. The number of carbonyl (C=O) groups excluding carboxylic acids is 1. The summed E-state index contributed by atoms with van der Waals surface area (Å²) in [5.74, 6) is 0.968. The maximum atomic E-state index is 11.7. The first-order valence-corrected chi connectivity index (χ1v) is 7.23. The van der Waals surface area contributed by atoms with Crippen LogP contribution in [-0.2, 0) is 4.79 Å². The first kappa shape index (κ1) is 14.4. The van der Waals surface area contributed by atoms with Gasteiger partial charge in [-0.3, -0.25) is 4.79 Å². The third kappa shape index (κ3) is 3.10. The maximum Gasteiger partial charge on any atom is 0.263 e. The monoisotopic (exact) mass is 359 g/mol. The number of hydrogen-bond donors (Lipinski definition) is 1. The highest BCUT2D eigenvalue weighted by atomic mass is 79.9. The number of carbonyl (C=O) groups is 1. The van der Waals surface area contributed by atoms with Crippen molar-refractivity contribution in [2.24, 2.45) is 0 Å². The lowest BCUT2D eigenvalue weighted by atomic mass is 10.1. The average molecular weight is 360 g/mol. The van der Waals surface area contributed by atoms with E-state index >= 15 is 0 Å². The van der Waals surface area contributed by atoms with E-state index in [1.54, 1.807) is 26.4 Å². The van der Waals surface area contributed by atoms with E-state index in [0.29, 0.717) is 20.7 Å². The molecule has 1 fully saturated rings. The van der Waals surface area contributed by atoms with Crippen LogP contribution in [0.15, 0.2) is 21.5 Å². The maximum absolute atomic E-state index is 11.7. The fraction of sp³-hybridized carbons (Fsp3) is 0.167. The summed E-state index contributed by atoms with van der Waals surface area (Å²) in [6.07, 6.45) is 1.73. The van der Waals surface area contributed by atoms with E-state index in [2.05, 4.69) is 21.2 Å². The molecule has 0 radical (unpaired) electrons. The summed E-state index contributed by atoms with van der Waals surface area (Å²) in [6, 6.07) is 3.65. The molecular formula is C12H10BrNO3S2. The van der Waals surface area contributed by atoms with E-state index in [4.69, 9.17) is 21.7 Å². The molecule has 2 rings (SSSR count). The highest BCUT2D eigenvalue weighted by Gasteiger charge is 2.23. The van der Waals surface area contributed by atoms with Gasteiger partial charge in [0.05, 0.1) is 19.1 Å². The van der Waals surface area contributed by atoms with Crippen LogP contribution in [0.25, 0.3) is 6.08 Å². The fourth-order valence-corrected chi connectivity index (χ4v) is 3.12. The van der Waals surface area contributed by atoms with E-state index < -0.39 is 0 Å². The molecule has 1 saturated heterocycles. The quantitative estimate of drug-likeness (QED) is 0.664. The Balaban J connectivity index is 2.50. The molecule has 7 heteroatoms. The van der Waals surface area contributed by atoms with E-state index in [1.165, 1.54) is 11.8 Å². The standard InChI is InChI=1S/C12H10BrNO3S2/c1-16-8-5-7(13)3-6(10(8)17-2)4-9-11(15)14-12(18)19-9/h3-5H,1-2H3,(H,14,15,18)/b9-4-. The van der Waals surface area contributed by atoms with Crippen LogP contribution in [0, 0.1) is 0 Å². The second kappa shape index (κ2) is 5.94. The lowest BCUT2D eigenvalue weighted by molar-refractivity contribution is -0.115. The Bertz CT molecular complexity index is 587. The molecule has 0 bridgehead atoms. The molecule has 1 aliphatic rings. The van der Waals surface area contributed by atoms with Crippen LogP contribution >= 0.6 is 39.9 Å². The van der Waals surface area contributed by atoms with Crippen molar-refractivity contribution in [1.29, 1.82) is 0 Å². The molecular weight excluding hydrogens is 350 g/mol. The van der Waals surface area contributed by atoms with Crippen LogP contribution in [0.2, 0.25) is 0 Å². The lowest BCUT2D eigenvalue weighted by Gasteiger charge is -2.11. The van der Waals surface area contributed by atoms with Gasteiger partial charge in [-0.1, -0.05) is 39.9 Å². The Morgan fingerprint density at radius 2 is 2.11 bits per heavy atom. The second-order valence-electron chi connectivity index (χ2n) is 3.58. The Kier molecular flexibility index (Phi) is 4.49. The Morgan fingerprint density at radius 1 is 1.37 bits per heavy atom. The zero-order valence-electron chi connectivity index (χ0n) is 10.2. The predicted molar refractivity (Wildman–Crippen MR) is 83.6 cm³/mol. The number of hydrogen-bond acceptors (Lipinski definition) is 5. The van der Waals surface area contributed by atoms with Gasteiger partial charge in [0, 0.05) is 10.0 Å². The Morgan fingerprint density at radius 3 is 2.63 bits per heavy atom. The van der Waals surface area contributed by atoms with Gasteiger partial charge in [-0.05, 0) is 18.2 Å². The van der Waals surface area contributed by atoms with Crippen molar-refractivity contribution in [3.05, 3.63) is 27.1 Å². The van der Waals surface area contributed by atoms with Crippen molar-refractivity contribution in [3.8, 4) is 11.5 Å². The van der Waals surface area contributed by atoms with Crippen molar-refractivity contribution in [2.45, 2.75) is 0 Å². The number of thioether (sulfide) groups is 1. The minimum atomic E-state index is -0.198. The molecule has 1 N–H and O–H groups in total. The largest absolute Gasteiger partial charge is 0.493 e. The number of methoxy groups -OCH3 is 2. The smallest absolute Gasteiger partial charge is 0.263 e. The van der Waals surface area contributed by atoms with Gasteiger partial charge in [0.25, 0.3) is 5.91 Å². The molecule has 0 atom stereocenters. The average Bonchev–Trinajstić information content (AvgIpc) is 2.67. The topological polar surface area (TPSA) is 47.6 Å². The number of rotatable bonds is 3. The minimum Gasteiger partial charge on any atom is -0.493 e. The lowest BCUT2D eigenvalue weighted by Crippen LogP contribution is -2.17. The third-order valence-electron chi connectivity index (χ3n) is 2.40. The summed E-state index contributed by atoms with van der Waals surface area (Å²) in [7, 11) is 3.12. The van der Waals surface area contributed by atoms with Gasteiger partial charge in [-0.2, -0.15) is 0 Å². The molecule has 0 spiro atoms. The summed E-state index contributed by atoms with van der Waals surface area (Å²) >= 11 is 9.57. The summed E-state index contributed by atoms with van der Waals surface area (Å²) < 4.78 is 11.9. The van der Waals surface area contributed by atoms with Crippen LogP contribution in [-0.4, -0.2) is 24.4 Å². The molecule has 1 aromatic carbocycles. The number of nitrogens with one attached hydrogen (secondary N) is 1. The SMILES string of the molecule is COc1cc(Br)cc(/C=C2\SC(=S)NC2=O)c1OC. The van der Waals surface area contributed by atoms with Crippen LogP contribution in [0.5, 0.6) is 11.5 Å². The number of amides is 1.